The summed E-state index contributed by atoms with van der Waals surface area (Å²) in [5.41, 5.74) is 1.03. The van der Waals surface area contributed by atoms with Crippen molar-refractivity contribution in [2.24, 2.45) is 0 Å². The van der Waals surface area contributed by atoms with Crippen LogP contribution >= 0.6 is 0 Å². The number of nitrogens with zero attached hydrogens (tertiary/aromatic N) is 1. The summed E-state index contributed by atoms with van der Waals surface area (Å²) in [7, 11) is 0. The number of hydrogen-bond acceptors (Lipinski definition) is 5. The van der Waals surface area contributed by atoms with E-state index in [9.17, 15) is 14.4 Å². The molecule has 124 valence electrons. The van der Waals surface area contributed by atoms with E-state index in [0.717, 1.165) is 0 Å². The highest BCUT2D eigenvalue weighted by Gasteiger charge is 2.18. The summed E-state index contributed by atoms with van der Waals surface area (Å²) in [5, 5.41) is 5.46. The van der Waals surface area contributed by atoms with Crippen molar-refractivity contribution in [1.29, 1.82) is 0 Å². The number of hydrogen-bond donors (Lipinski definition) is 2. The van der Waals surface area contributed by atoms with Crippen LogP contribution in [0.15, 0.2) is 24.3 Å². The molecular weight excluding hydrogens is 298 g/mol. The average molecular weight is 319 g/mol. The molecule has 7 heteroatoms. The normalized spacial score (nSPS) is 15.2. The minimum absolute atomic E-state index is 0.0722. The minimum Gasteiger partial charge on any atom is -0.459 e. The molecule has 0 atom stereocenters. The number of anilines is 1. The molecule has 1 saturated heterocycles. The van der Waals surface area contributed by atoms with E-state index in [1.54, 1.807) is 43.0 Å². The van der Waals surface area contributed by atoms with Crippen molar-refractivity contribution < 1.29 is 19.1 Å². The van der Waals surface area contributed by atoms with Crippen LogP contribution in [0.3, 0.4) is 0 Å². The molecule has 23 heavy (non-hydrogen) atoms. The molecule has 1 heterocycles. The highest BCUT2D eigenvalue weighted by Crippen LogP contribution is 2.11. The summed E-state index contributed by atoms with van der Waals surface area (Å²) in [6, 6.07) is 6.51. The molecule has 0 saturated carbocycles. The zero-order chi connectivity index (χ0) is 16.8. The van der Waals surface area contributed by atoms with Crippen LogP contribution in [0, 0.1) is 0 Å². The van der Waals surface area contributed by atoms with Crippen LogP contribution < -0.4 is 10.6 Å². The number of piperazine rings is 1. The zero-order valence-corrected chi connectivity index (χ0v) is 13.3. The fraction of sp³-hybridized carbons (Fsp3) is 0.438. The molecule has 1 aliphatic rings. The van der Waals surface area contributed by atoms with Gasteiger partial charge in [-0.1, -0.05) is 0 Å². The first-order valence-electron chi connectivity index (χ1n) is 7.54. The first kappa shape index (κ1) is 17.0. The van der Waals surface area contributed by atoms with Gasteiger partial charge in [-0.15, -0.1) is 0 Å². The van der Waals surface area contributed by atoms with Crippen LogP contribution in [0.4, 0.5) is 5.69 Å². The van der Waals surface area contributed by atoms with E-state index in [1.165, 1.54) is 0 Å². The number of carbonyl (C=O) groups excluding carboxylic acids is 3. The smallest absolute Gasteiger partial charge is 0.338 e. The Kier molecular flexibility index (Phi) is 5.70. The molecule has 2 rings (SSSR count). The maximum Gasteiger partial charge on any atom is 0.338 e. The van der Waals surface area contributed by atoms with Gasteiger partial charge in [0, 0.05) is 18.8 Å². The number of carbonyl (C=O) groups is 3. The molecule has 1 fully saturated rings. The van der Waals surface area contributed by atoms with Crippen LogP contribution in [0.5, 0.6) is 0 Å². The molecule has 2 N–H and O–H groups in total. The van der Waals surface area contributed by atoms with E-state index in [1.807, 2.05) is 0 Å². The topological polar surface area (TPSA) is 87.7 Å². The quantitative estimate of drug-likeness (QED) is 0.777. The summed E-state index contributed by atoms with van der Waals surface area (Å²) in [4.78, 5) is 36.7. The first-order valence-corrected chi connectivity index (χ1v) is 7.54. The van der Waals surface area contributed by atoms with Gasteiger partial charge >= 0.3 is 5.97 Å². The van der Waals surface area contributed by atoms with Crippen LogP contribution in [-0.2, 0) is 14.3 Å². The van der Waals surface area contributed by atoms with Gasteiger partial charge in [-0.2, -0.15) is 0 Å². The lowest BCUT2D eigenvalue weighted by Gasteiger charge is -2.25. The predicted molar refractivity (Wildman–Crippen MR) is 85.1 cm³/mol. The Morgan fingerprint density at radius 2 is 2.00 bits per heavy atom. The van der Waals surface area contributed by atoms with Gasteiger partial charge in [0.1, 0.15) is 0 Å². The van der Waals surface area contributed by atoms with Crippen LogP contribution in [0.1, 0.15) is 24.2 Å². The Labute approximate surface area is 135 Å². The summed E-state index contributed by atoms with van der Waals surface area (Å²) >= 11 is 0. The predicted octanol–water partition coefficient (Wildman–Crippen LogP) is 0.622. The molecule has 0 aromatic heterocycles. The molecule has 0 bridgehead atoms. The zero-order valence-electron chi connectivity index (χ0n) is 13.3. The Balaban J connectivity index is 1.86. The van der Waals surface area contributed by atoms with Crippen molar-refractivity contribution in [2.45, 2.75) is 20.0 Å². The fourth-order valence-electron chi connectivity index (χ4n) is 2.20. The van der Waals surface area contributed by atoms with Gasteiger partial charge in [0.15, 0.2) is 0 Å². The van der Waals surface area contributed by atoms with E-state index in [2.05, 4.69) is 10.6 Å². The van der Waals surface area contributed by atoms with E-state index in [-0.39, 0.29) is 31.0 Å². The number of nitrogens with one attached hydrogen (secondary N) is 2. The lowest BCUT2D eigenvalue weighted by Crippen LogP contribution is -2.49. The molecule has 1 aromatic carbocycles. The Hall–Kier alpha value is -2.41. The third-order valence-corrected chi connectivity index (χ3v) is 3.23. The van der Waals surface area contributed by atoms with E-state index < -0.39 is 5.97 Å². The molecule has 1 aliphatic heterocycles. The largest absolute Gasteiger partial charge is 0.459 e. The molecular formula is C16H21N3O4. The Morgan fingerprint density at radius 3 is 2.61 bits per heavy atom. The molecule has 2 amide bonds. The molecule has 0 spiro atoms. The lowest BCUT2D eigenvalue weighted by molar-refractivity contribution is -0.125. The van der Waals surface area contributed by atoms with Crippen molar-refractivity contribution in [3.8, 4) is 0 Å². The number of rotatable bonds is 5. The van der Waals surface area contributed by atoms with Crippen molar-refractivity contribution in [1.82, 2.24) is 10.2 Å². The summed E-state index contributed by atoms with van der Waals surface area (Å²) in [6.45, 7) is 5.16. The van der Waals surface area contributed by atoms with Crippen LogP contribution in [0.2, 0.25) is 0 Å². The van der Waals surface area contributed by atoms with Crippen molar-refractivity contribution in [3.05, 3.63) is 29.8 Å². The average Bonchev–Trinajstić information content (AvgIpc) is 2.47. The summed E-state index contributed by atoms with van der Waals surface area (Å²) in [6.07, 6.45) is -0.177. The third-order valence-electron chi connectivity index (χ3n) is 3.23. The number of benzene rings is 1. The van der Waals surface area contributed by atoms with Crippen LogP contribution in [-0.4, -0.2) is 55.0 Å². The third kappa shape index (κ3) is 5.37. The number of amides is 2. The monoisotopic (exact) mass is 319 g/mol. The summed E-state index contributed by atoms with van der Waals surface area (Å²) in [5.74, 6) is -0.661. The molecule has 0 radical (unpaired) electrons. The maximum absolute atomic E-state index is 12.0. The van der Waals surface area contributed by atoms with Gasteiger partial charge in [-0.25, -0.2) is 4.79 Å². The Bertz CT molecular complexity index is 583. The SMILES string of the molecule is CC(C)OC(=O)c1ccc(NC(=O)CN2CCNC(=O)C2)cc1. The van der Waals surface area contributed by atoms with Gasteiger partial charge < -0.3 is 15.4 Å². The number of ether oxygens (including phenoxy) is 1. The summed E-state index contributed by atoms with van der Waals surface area (Å²) < 4.78 is 5.10. The second-order valence-corrected chi connectivity index (χ2v) is 5.64. The van der Waals surface area contributed by atoms with Gasteiger partial charge in [-0.05, 0) is 38.1 Å². The second-order valence-electron chi connectivity index (χ2n) is 5.64. The number of esters is 1. The molecule has 1 aromatic rings. The van der Waals surface area contributed by atoms with Crippen molar-refractivity contribution >= 4 is 23.5 Å². The molecule has 0 unspecified atom stereocenters. The van der Waals surface area contributed by atoms with E-state index in [4.69, 9.17) is 4.74 Å². The molecule has 0 aliphatic carbocycles. The minimum atomic E-state index is -0.391. The molecule has 7 nitrogen and oxygen atoms in total. The second kappa shape index (κ2) is 7.73. The Morgan fingerprint density at radius 1 is 1.30 bits per heavy atom. The van der Waals surface area contributed by atoms with Crippen molar-refractivity contribution in [2.75, 3.05) is 31.5 Å². The standard InChI is InChI=1S/C16H21N3O4/c1-11(2)23-16(22)12-3-5-13(6-4-12)18-15(21)10-19-8-7-17-14(20)9-19/h3-6,11H,7-10H2,1-2H3,(H,17,20)(H,18,21). The first-order chi connectivity index (χ1) is 10.9. The van der Waals surface area contributed by atoms with Gasteiger partial charge in [-0.3, -0.25) is 14.5 Å². The van der Waals surface area contributed by atoms with Crippen molar-refractivity contribution in [3.63, 3.8) is 0 Å². The van der Waals surface area contributed by atoms with Gasteiger partial charge in [0.2, 0.25) is 11.8 Å². The van der Waals surface area contributed by atoms with Gasteiger partial charge in [0.25, 0.3) is 0 Å². The highest BCUT2D eigenvalue weighted by atomic mass is 16.5. The highest BCUT2D eigenvalue weighted by molar-refractivity contribution is 5.94. The van der Waals surface area contributed by atoms with Gasteiger partial charge in [0.05, 0.1) is 24.8 Å². The van der Waals surface area contributed by atoms with E-state index in [0.29, 0.717) is 24.3 Å². The lowest BCUT2D eigenvalue weighted by atomic mass is 10.2. The maximum atomic E-state index is 12.0. The van der Waals surface area contributed by atoms with E-state index >= 15 is 0 Å². The fourth-order valence-corrected chi connectivity index (χ4v) is 2.20. The van der Waals surface area contributed by atoms with Crippen LogP contribution in [0.25, 0.3) is 0 Å².